The Morgan fingerprint density at radius 3 is 2.36 bits per heavy atom. The van der Waals surface area contributed by atoms with Crippen LogP contribution in [0.2, 0.25) is 0 Å². The zero-order valence-corrected chi connectivity index (χ0v) is 15.5. The van der Waals surface area contributed by atoms with Gasteiger partial charge in [-0.2, -0.15) is 8.96 Å². The molecule has 0 bridgehead atoms. The van der Waals surface area contributed by atoms with E-state index in [9.17, 15) is 8.78 Å². The van der Waals surface area contributed by atoms with E-state index in [0.717, 1.165) is 22.7 Å². The lowest BCUT2D eigenvalue weighted by Gasteiger charge is -2.21. The van der Waals surface area contributed by atoms with E-state index in [4.69, 9.17) is 14.2 Å². The second-order valence-electron chi connectivity index (χ2n) is 6.70. The number of pyridine rings is 1. The van der Waals surface area contributed by atoms with Crippen molar-refractivity contribution in [2.24, 2.45) is 7.05 Å². The molecule has 2 heterocycles. The summed E-state index contributed by atoms with van der Waals surface area (Å²) in [6.07, 6.45) is 0. The van der Waals surface area contributed by atoms with E-state index in [1.807, 2.05) is 12.1 Å². The number of aryl methyl sites for hydroxylation is 1. The van der Waals surface area contributed by atoms with Gasteiger partial charge in [0.15, 0.2) is 5.82 Å². The van der Waals surface area contributed by atoms with Crippen molar-refractivity contribution in [2.45, 2.75) is 0 Å². The molecule has 0 spiro atoms. The molecule has 0 fully saturated rings. The number of methoxy groups -OCH3 is 2. The molecular formula is C22H16F2NO3+. The number of rotatable bonds is 2. The van der Waals surface area contributed by atoms with Crippen LogP contribution < -0.4 is 18.8 Å². The number of fused-ring (bicyclic) bond motifs is 4. The van der Waals surface area contributed by atoms with E-state index in [1.54, 1.807) is 44.0 Å². The fraction of sp³-hybridized carbons (Fsp3) is 0.136. The topological polar surface area (TPSA) is 31.6 Å². The lowest BCUT2D eigenvalue weighted by atomic mass is 9.95. The SMILES string of the molecule is COc1ccc2c(c1)Oc1cc(OC)cc3c1c-2[n+](C)c1c(F)cc(F)cc31. The fourth-order valence-corrected chi connectivity index (χ4v) is 3.98. The van der Waals surface area contributed by atoms with Crippen molar-refractivity contribution in [1.82, 2.24) is 0 Å². The molecule has 1 aromatic heterocycles. The van der Waals surface area contributed by atoms with Crippen LogP contribution in [0.5, 0.6) is 23.0 Å². The smallest absolute Gasteiger partial charge is 0.249 e. The van der Waals surface area contributed by atoms with Gasteiger partial charge in [0.1, 0.15) is 35.9 Å². The Morgan fingerprint density at radius 1 is 0.857 bits per heavy atom. The molecule has 0 amide bonds. The molecule has 0 saturated carbocycles. The van der Waals surface area contributed by atoms with Crippen molar-refractivity contribution in [1.29, 1.82) is 0 Å². The predicted molar refractivity (Wildman–Crippen MR) is 101 cm³/mol. The molecule has 5 rings (SSSR count). The lowest BCUT2D eigenvalue weighted by Crippen LogP contribution is -2.34. The minimum Gasteiger partial charge on any atom is -0.497 e. The maximum Gasteiger partial charge on any atom is 0.249 e. The molecule has 1 aliphatic rings. The summed E-state index contributed by atoms with van der Waals surface area (Å²) in [4.78, 5) is 0. The molecular weight excluding hydrogens is 364 g/mol. The first-order chi connectivity index (χ1) is 13.5. The average Bonchev–Trinajstić information content (AvgIpc) is 2.69. The minimum absolute atomic E-state index is 0.312. The summed E-state index contributed by atoms with van der Waals surface area (Å²) in [5.74, 6) is 1.09. The van der Waals surface area contributed by atoms with Crippen LogP contribution in [-0.4, -0.2) is 14.2 Å². The number of benzene rings is 3. The van der Waals surface area contributed by atoms with Crippen molar-refractivity contribution in [2.75, 3.05) is 14.2 Å². The van der Waals surface area contributed by atoms with E-state index in [2.05, 4.69) is 0 Å². The zero-order chi connectivity index (χ0) is 19.6. The zero-order valence-electron chi connectivity index (χ0n) is 15.5. The Bertz CT molecular complexity index is 1300. The van der Waals surface area contributed by atoms with Crippen LogP contribution >= 0.6 is 0 Å². The van der Waals surface area contributed by atoms with Gasteiger partial charge < -0.3 is 14.2 Å². The van der Waals surface area contributed by atoms with Crippen molar-refractivity contribution in [3.8, 4) is 34.3 Å². The van der Waals surface area contributed by atoms with Crippen LogP contribution in [0.25, 0.3) is 32.9 Å². The first kappa shape index (κ1) is 16.7. The highest BCUT2D eigenvalue weighted by atomic mass is 19.1. The van der Waals surface area contributed by atoms with Gasteiger partial charge in [-0.15, -0.1) is 0 Å². The van der Waals surface area contributed by atoms with E-state index in [0.29, 0.717) is 39.3 Å². The second kappa shape index (κ2) is 5.79. The van der Waals surface area contributed by atoms with Gasteiger partial charge in [0.25, 0.3) is 0 Å². The number of aromatic nitrogens is 1. The normalized spacial score (nSPS) is 12.0. The first-order valence-corrected chi connectivity index (χ1v) is 8.70. The highest BCUT2D eigenvalue weighted by Gasteiger charge is 2.32. The van der Waals surface area contributed by atoms with Crippen molar-refractivity contribution < 1.29 is 27.6 Å². The highest BCUT2D eigenvalue weighted by molar-refractivity contribution is 6.13. The average molecular weight is 380 g/mol. The van der Waals surface area contributed by atoms with Gasteiger partial charge in [-0.3, -0.25) is 0 Å². The number of hydrogen-bond acceptors (Lipinski definition) is 3. The Kier molecular flexibility index (Phi) is 3.46. The quantitative estimate of drug-likeness (QED) is 0.323. The monoisotopic (exact) mass is 380 g/mol. The molecule has 1 aliphatic heterocycles. The fourth-order valence-electron chi connectivity index (χ4n) is 3.98. The Labute approximate surface area is 159 Å². The van der Waals surface area contributed by atoms with Gasteiger partial charge >= 0.3 is 0 Å². The highest BCUT2D eigenvalue weighted by Crippen LogP contribution is 2.49. The molecule has 3 aromatic carbocycles. The van der Waals surface area contributed by atoms with Gasteiger partial charge in [-0.05, 0) is 24.3 Å². The molecule has 6 heteroatoms. The molecule has 0 radical (unpaired) electrons. The number of nitrogens with zero attached hydrogens (tertiary/aromatic N) is 1. The van der Waals surface area contributed by atoms with Gasteiger partial charge in [-0.1, -0.05) is 0 Å². The molecule has 0 saturated heterocycles. The van der Waals surface area contributed by atoms with Crippen LogP contribution in [0.4, 0.5) is 8.78 Å². The van der Waals surface area contributed by atoms with Crippen LogP contribution in [0.15, 0.2) is 42.5 Å². The first-order valence-electron chi connectivity index (χ1n) is 8.70. The summed E-state index contributed by atoms with van der Waals surface area (Å²) in [5.41, 5.74) is 1.90. The van der Waals surface area contributed by atoms with E-state index < -0.39 is 11.6 Å². The molecule has 0 atom stereocenters. The predicted octanol–water partition coefficient (Wildman–Crippen LogP) is 4.89. The molecule has 0 aliphatic carbocycles. The maximum atomic E-state index is 14.8. The van der Waals surface area contributed by atoms with Crippen molar-refractivity contribution >= 4 is 21.7 Å². The summed E-state index contributed by atoms with van der Waals surface area (Å²) in [7, 11) is 4.89. The summed E-state index contributed by atoms with van der Waals surface area (Å²) in [6, 6.07) is 11.3. The molecule has 0 N–H and O–H groups in total. The van der Waals surface area contributed by atoms with Gasteiger partial charge in [0.05, 0.1) is 30.6 Å². The standard InChI is InChI=1S/C22H16F2NO3/c1-25-21-16(6-11(23)7-17(21)24)15-8-13(27-3)10-19-20(15)22(25)14-5-4-12(26-2)9-18(14)28-19/h4-10H,1-3H3/q+1. The Morgan fingerprint density at radius 2 is 1.61 bits per heavy atom. The summed E-state index contributed by atoms with van der Waals surface area (Å²) in [6.45, 7) is 0. The summed E-state index contributed by atoms with van der Waals surface area (Å²) >= 11 is 0. The molecule has 28 heavy (non-hydrogen) atoms. The second-order valence-corrected chi connectivity index (χ2v) is 6.70. The number of ether oxygens (including phenoxy) is 3. The van der Waals surface area contributed by atoms with E-state index in [1.165, 1.54) is 6.07 Å². The third-order valence-corrected chi connectivity index (χ3v) is 5.20. The summed E-state index contributed by atoms with van der Waals surface area (Å²) < 4.78 is 47.4. The number of hydrogen-bond donors (Lipinski definition) is 0. The molecule has 140 valence electrons. The third-order valence-electron chi connectivity index (χ3n) is 5.20. The number of halogens is 2. The molecule has 0 unspecified atom stereocenters. The Balaban J connectivity index is 2.03. The van der Waals surface area contributed by atoms with Crippen LogP contribution in [0.1, 0.15) is 0 Å². The molecule has 4 nitrogen and oxygen atoms in total. The maximum absolute atomic E-state index is 14.8. The lowest BCUT2D eigenvalue weighted by molar-refractivity contribution is -0.633. The molecule has 4 aromatic rings. The van der Waals surface area contributed by atoms with Gasteiger partial charge in [-0.25, -0.2) is 4.39 Å². The third kappa shape index (κ3) is 2.17. The van der Waals surface area contributed by atoms with E-state index in [-0.39, 0.29) is 0 Å². The van der Waals surface area contributed by atoms with Crippen LogP contribution in [0.3, 0.4) is 0 Å². The summed E-state index contributed by atoms with van der Waals surface area (Å²) in [5, 5.41) is 1.90. The largest absolute Gasteiger partial charge is 0.497 e. The van der Waals surface area contributed by atoms with Crippen molar-refractivity contribution in [3.63, 3.8) is 0 Å². The Hall–Kier alpha value is -3.41. The van der Waals surface area contributed by atoms with Crippen LogP contribution in [0, 0.1) is 11.6 Å². The van der Waals surface area contributed by atoms with Crippen LogP contribution in [-0.2, 0) is 7.05 Å². The van der Waals surface area contributed by atoms with Crippen molar-refractivity contribution in [3.05, 3.63) is 54.1 Å². The van der Waals surface area contributed by atoms with Gasteiger partial charge in [0.2, 0.25) is 11.2 Å². The van der Waals surface area contributed by atoms with Gasteiger partial charge in [0, 0.05) is 23.6 Å². The van der Waals surface area contributed by atoms with E-state index >= 15 is 0 Å². The minimum atomic E-state index is -0.633.